The van der Waals surface area contributed by atoms with Gasteiger partial charge >= 0.3 is 5.97 Å². The third-order valence-corrected chi connectivity index (χ3v) is 2.88. The van der Waals surface area contributed by atoms with E-state index in [4.69, 9.17) is 5.11 Å². The number of rotatable bonds is 6. The fourth-order valence-corrected chi connectivity index (χ4v) is 2.19. The number of aliphatic carboxylic acids is 1. The largest absolute Gasteiger partial charge is 0.481 e. The van der Waals surface area contributed by atoms with Crippen molar-refractivity contribution in [3.63, 3.8) is 0 Å². The lowest BCUT2D eigenvalue weighted by molar-refractivity contribution is -0.137. The first kappa shape index (κ1) is 12.4. The van der Waals surface area contributed by atoms with Crippen LogP contribution in [0.15, 0.2) is 0 Å². The van der Waals surface area contributed by atoms with Crippen LogP contribution in [-0.2, 0) is 14.8 Å². The molecule has 0 saturated heterocycles. The van der Waals surface area contributed by atoms with E-state index in [1.165, 1.54) is 0 Å². The van der Waals surface area contributed by atoms with E-state index >= 15 is 0 Å². The van der Waals surface area contributed by atoms with Crippen LogP contribution >= 0.6 is 0 Å². The number of hydrogen-bond acceptors (Lipinski definition) is 3. The van der Waals surface area contributed by atoms with Gasteiger partial charge < -0.3 is 5.11 Å². The van der Waals surface area contributed by atoms with E-state index in [-0.39, 0.29) is 24.6 Å². The van der Waals surface area contributed by atoms with E-state index in [0.29, 0.717) is 0 Å². The maximum atomic E-state index is 11.1. The summed E-state index contributed by atoms with van der Waals surface area (Å²) < 4.78 is 24.6. The summed E-state index contributed by atoms with van der Waals surface area (Å²) in [6.07, 6.45) is 0.0381. The van der Waals surface area contributed by atoms with Crippen molar-refractivity contribution < 1.29 is 18.3 Å². The summed E-state index contributed by atoms with van der Waals surface area (Å²) in [6, 6.07) is -0.144. The molecule has 0 aromatic rings. The Hall–Kier alpha value is -0.620. The zero-order chi connectivity index (χ0) is 10.5. The molecule has 0 atom stereocenters. The second-order valence-corrected chi connectivity index (χ2v) is 4.96. The summed E-state index contributed by atoms with van der Waals surface area (Å²) in [4.78, 5) is 10.1. The van der Waals surface area contributed by atoms with Gasteiger partial charge in [-0.2, -0.15) is 0 Å². The maximum Gasteiger partial charge on any atom is 0.303 e. The topological polar surface area (TPSA) is 83.5 Å². The van der Waals surface area contributed by atoms with E-state index in [1.807, 2.05) is 0 Å². The van der Waals surface area contributed by atoms with E-state index in [1.54, 1.807) is 13.8 Å². The van der Waals surface area contributed by atoms with Gasteiger partial charge in [-0.05, 0) is 20.3 Å². The number of carbonyl (C=O) groups is 1. The summed E-state index contributed by atoms with van der Waals surface area (Å²) >= 11 is 0. The van der Waals surface area contributed by atoms with Crippen molar-refractivity contribution >= 4 is 16.0 Å². The molecule has 0 aromatic heterocycles. The molecule has 0 amide bonds. The van der Waals surface area contributed by atoms with Crippen LogP contribution in [0.2, 0.25) is 0 Å². The predicted molar refractivity (Wildman–Crippen MR) is 48.9 cm³/mol. The van der Waals surface area contributed by atoms with Crippen molar-refractivity contribution in [1.29, 1.82) is 0 Å². The van der Waals surface area contributed by atoms with Gasteiger partial charge in [0, 0.05) is 12.5 Å². The van der Waals surface area contributed by atoms with Crippen molar-refractivity contribution in [2.45, 2.75) is 32.7 Å². The van der Waals surface area contributed by atoms with Crippen LogP contribution in [0.25, 0.3) is 0 Å². The Balaban J connectivity index is 3.84. The minimum absolute atomic E-state index is 0.112. The second kappa shape index (κ2) is 5.18. The summed E-state index contributed by atoms with van der Waals surface area (Å²) in [6.45, 7) is 3.43. The number of carboxylic acid groups (broad SMARTS) is 1. The third kappa shape index (κ3) is 7.73. The third-order valence-electron chi connectivity index (χ3n) is 1.22. The molecular weight excluding hydrogens is 194 g/mol. The molecular formula is C7H15NO4S. The monoisotopic (exact) mass is 209 g/mol. The SMILES string of the molecule is CC(C)NS(=O)(=O)CCCC(=O)O. The average molecular weight is 209 g/mol. The Labute approximate surface area is 78.2 Å². The standard InChI is InChI=1S/C7H15NO4S/c1-6(2)8-13(11,12)5-3-4-7(9)10/h6,8H,3-5H2,1-2H3,(H,9,10). The lowest BCUT2D eigenvalue weighted by atomic mass is 10.3. The smallest absolute Gasteiger partial charge is 0.303 e. The Kier molecular flexibility index (Phi) is 4.94. The highest BCUT2D eigenvalue weighted by Crippen LogP contribution is 1.95. The molecule has 0 unspecified atom stereocenters. The van der Waals surface area contributed by atoms with E-state index in [2.05, 4.69) is 4.72 Å². The predicted octanol–water partition coefficient (Wildman–Crippen LogP) is 0.179. The van der Waals surface area contributed by atoms with Crippen molar-refractivity contribution in [3.05, 3.63) is 0 Å². The number of nitrogens with one attached hydrogen (secondary N) is 1. The van der Waals surface area contributed by atoms with Gasteiger partial charge in [0.1, 0.15) is 0 Å². The molecule has 5 nitrogen and oxygen atoms in total. The molecule has 0 fully saturated rings. The summed E-state index contributed by atoms with van der Waals surface area (Å²) in [5.41, 5.74) is 0. The number of carboxylic acids is 1. The van der Waals surface area contributed by atoms with E-state index in [9.17, 15) is 13.2 Å². The van der Waals surface area contributed by atoms with Gasteiger partial charge in [-0.3, -0.25) is 4.79 Å². The summed E-state index contributed by atoms with van der Waals surface area (Å²) in [5.74, 6) is -1.10. The zero-order valence-electron chi connectivity index (χ0n) is 7.78. The van der Waals surface area contributed by atoms with Gasteiger partial charge in [0.2, 0.25) is 10.0 Å². The highest BCUT2D eigenvalue weighted by Gasteiger charge is 2.11. The van der Waals surface area contributed by atoms with Crippen molar-refractivity contribution in [1.82, 2.24) is 4.72 Å². The van der Waals surface area contributed by atoms with Crippen LogP contribution < -0.4 is 4.72 Å². The lowest BCUT2D eigenvalue weighted by Gasteiger charge is -2.08. The second-order valence-electron chi connectivity index (χ2n) is 3.09. The van der Waals surface area contributed by atoms with Crippen LogP contribution in [0, 0.1) is 0 Å². The number of hydrogen-bond donors (Lipinski definition) is 2. The minimum Gasteiger partial charge on any atom is -0.481 e. The Morgan fingerprint density at radius 2 is 2.00 bits per heavy atom. The molecule has 0 heterocycles. The number of sulfonamides is 1. The Morgan fingerprint density at radius 1 is 1.46 bits per heavy atom. The highest BCUT2D eigenvalue weighted by molar-refractivity contribution is 7.89. The summed E-state index contributed by atoms with van der Waals surface area (Å²) in [7, 11) is -3.29. The molecule has 0 rings (SSSR count). The van der Waals surface area contributed by atoms with Gasteiger partial charge in [0.05, 0.1) is 5.75 Å². The zero-order valence-corrected chi connectivity index (χ0v) is 8.60. The molecule has 6 heteroatoms. The van der Waals surface area contributed by atoms with Gasteiger partial charge in [0.15, 0.2) is 0 Å². The first-order chi connectivity index (χ1) is 5.83. The van der Waals surface area contributed by atoms with E-state index < -0.39 is 16.0 Å². The fraction of sp³-hybridized carbons (Fsp3) is 0.857. The molecule has 0 saturated carbocycles. The maximum absolute atomic E-state index is 11.1. The van der Waals surface area contributed by atoms with Crippen LogP contribution in [0.1, 0.15) is 26.7 Å². The molecule has 0 aliphatic heterocycles. The first-order valence-electron chi connectivity index (χ1n) is 4.05. The van der Waals surface area contributed by atoms with Crippen LogP contribution in [0.4, 0.5) is 0 Å². The van der Waals surface area contributed by atoms with Gasteiger partial charge in [-0.15, -0.1) is 0 Å². The van der Waals surface area contributed by atoms with Crippen LogP contribution in [0.3, 0.4) is 0 Å². The minimum atomic E-state index is -3.29. The summed E-state index contributed by atoms with van der Waals surface area (Å²) in [5, 5.41) is 8.28. The molecule has 0 bridgehead atoms. The normalized spacial score (nSPS) is 11.9. The molecule has 0 spiro atoms. The first-order valence-corrected chi connectivity index (χ1v) is 5.70. The van der Waals surface area contributed by atoms with Crippen LogP contribution in [0.5, 0.6) is 0 Å². The van der Waals surface area contributed by atoms with Crippen molar-refractivity contribution in [3.8, 4) is 0 Å². The van der Waals surface area contributed by atoms with Gasteiger partial charge in [-0.25, -0.2) is 13.1 Å². The van der Waals surface area contributed by atoms with Crippen molar-refractivity contribution in [2.24, 2.45) is 0 Å². The van der Waals surface area contributed by atoms with E-state index in [0.717, 1.165) is 0 Å². The van der Waals surface area contributed by atoms with Gasteiger partial charge in [-0.1, -0.05) is 0 Å². The fourth-order valence-electron chi connectivity index (χ4n) is 0.831. The molecule has 0 aromatic carbocycles. The van der Waals surface area contributed by atoms with Crippen molar-refractivity contribution in [2.75, 3.05) is 5.75 Å². The van der Waals surface area contributed by atoms with Gasteiger partial charge in [0.25, 0.3) is 0 Å². The molecule has 0 aliphatic rings. The highest BCUT2D eigenvalue weighted by atomic mass is 32.2. The molecule has 13 heavy (non-hydrogen) atoms. The molecule has 0 radical (unpaired) electrons. The average Bonchev–Trinajstić information content (AvgIpc) is 1.81. The Morgan fingerprint density at radius 3 is 2.38 bits per heavy atom. The molecule has 0 aliphatic carbocycles. The molecule has 78 valence electrons. The quantitative estimate of drug-likeness (QED) is 0.653. The van der Waals surface area contributed by atoms with Crippen LogP contribution in [-0.4, -0.2) is 31.3 Å². The Bertz CT molecular complexity index is 258. The lowest BCUT2D eigenvalue weighted by Crippen LogP contribution is -2.32. The molecule has 2 N–H and O–H groups in total.